The maximum Gasteiger partial charge on any atom is 0.407 e. The van der Waals surface area contributed by atoms with Gasteiger partial charge in [-0.3, -0.25) is 0 Å². The number of ether oxygens (including phenoxy) is 1. The molecule has 3 N–H and O–H groups in total. The Balaban J connectivity index is 1.61. The third kappa shape index (κ3) is 5.30. The maximum absolute atomic E-state index is 11.9. The highest BCUT2D eigenvalue weighted by Crippen LogP contribution is 2.30. The van der Waals surface area contributed by atoms with Crippen molar-refractivity contribution in [1.29, 1.82) is 0 Å². The van der Waals surface area contributed by atoms with Gasteiger partial charge in [-0.1, -0.05) is 55.8 Å². The van der Waals surface area contributed by atoms with Gasteiger partial charge in [0.15, 0.2) is 5.82 Å². The van der Waals surface area contributed by atoms with Crippen molar-refractivity contribution >= 4 is 33.8 Å². The number of hydrogen-bond acceptors (Lipinski definition) is 5. The number of nitrogens with two attached hydrogens (primary N) is 1. The molecule has 0 aliphatic carbocycles. The molecule has 0 radical (unpaired) electrons. The van der Waals surface area contributed by atoms with Crippen LogP contribution >= 0.6 is 0 Å². The van der Waals surface area contributed by atoms with E-state index in [0.29, 0.717) is 18.9 Å². The topological polar surface area (TPSA) is 95.1 Å². The maximum atomic E-state index is 11.9. The minimum absolute atomic E-state index is 0.414. The van der Waals surface area contributed by atoms with Crippen molar-refractivity contribution in [2.45, 2.75) is 65.6 Å². The minimum atomic E-state index is -0.514. The number of hydrogen-bond donors (Lipinski definition) is 2. The molecular weight excluding hydrogens is 426 g/mol. The van der Waals surface area contributed by atoms with Gasteiger partial charge >= 0.3 is 6.09 Å². The van der Waals surface area contributed by atoms with Crippen molar-refractivity contribution in [3.05, 3.63) is 65.5 Å². The van der Waals surface area contributed by atoms with Crippen LogP contribution in [0.15, 0.2) is 48.5 Å². The Kier molecular flexibility index (Phi) is 6.72. The van der Waals surface area contributed by atoms with Crippen LogP contribution in [0.5, 0.6) is 0 Å². The standard InChI is InChI=1S/C27H33N5O2/c1-5-6-11-22-31-23-24(20-9-7-8-10-21(20)30-25(23)28)32(22)17-19-14-12-18(13-15-19)16-29-26(33)34-27(2,3)4/h7-10,12-15H,5-6,11,16-17H2,1-4H3,(H2,28,30)(H,29,33). The molecule has 0 fully saturated rings. The average Bonchev–Trinajstić information content (AvgIpc) is 3.15. The number of carbonyl (C=O) groups is 1. The second kappa shape index (κ2) is 9.71. The number of nitrogens with zero attached hydrogens (tertiary/aromatic N) is 3. The number of rotatable bonds is 7. The van der Waals surface area contributed by atoms with Crippen LogP contribution in [0.1, 0.15) is 57.5 Å². The van der Waals surface area contributed by atoms with Gasteiger partial charge < -0.3 is 20.4 Å². The average molecular weight is 460 g/mol. The number of aryl methyl sites for hydroxylation is 1. The molecule has 2 aromatic heterocycles. The van der Waals surface area contributed by atoms with Gasteiger partial charge in [-0.25, -0.2) is 14.8 Å². The van der Waals surface area contributed by atoms with E-state index in [1.807, 2.05) is 51.1 Å². The number of carbonyl (C=O) groups excluding carboxylic acids is 1. The first-order chi connectivity index (χ1) is 16.2. The van der Waals surface area contributed by atoms with Gasteiger partial charge in [0.05, 0.1) is 11.0 Å². The van der Waals surface area contributed by atoms with E-state index in [1.165, 1.54) is 0 Å². The zero-order valence-electron chi connectivity index (χ0n) is 20.4. The fourth-order valence-electron chi connectivity index (χ4n) is 4.03. The van der Waals surface area contributed by atoms with E-state index in [1.54, 1.807) is 0 Å². The summed E-state index contributed by atoms with van der Waals surface area (Å²) < 4.78 is 7.59. The zero-order chi connectivity index (χ0) is 24.3. The first kappa shape index (κ1) is 23.5. The number of imidazole rings is 1. The lowest BCUT2D eigenvalue weighted by Crippen LogP contribution is -2.32. The highest BCUT2D eigenvalue weighted by molar-refractivity contribution is 6.06. The lowest BCUT2D eigenvalue weighted by Gasteiger charge is -2.19. The number of amides is 1. The molecule has 0 aliphatic rings. The highest BCUT2D eigenvalue weighted by Gasteiger charge is 2.18. The molecule has 34 heavy (non-hydrogen) atoms. The van der Waals surface area contributed by atoms with Gasteiger partial charge in [0, 0.05) is 24.9 Å². The summed E-state index contributed by atoms with van der Waals surface area (Å²) in [6.45, 7) is 8.83. The van der Waals surface area contributed by atoms with Crippen molar-refractivity contribution in [3.63, 3.8) is 0 Å². The van der Waals surface area contributed by atoms with Crippen LogP contribution in [0.25, 0.3) is 21.9 Å². The molecule has 2 aromatic carbocycles. The SMILES string of the molecule is CCCCc1nc2c(N)nc3ccccc3c2n1Cc1ccc(CNC(=O)OC(C)(C)C)cc1. The summed E-state index contributed by atoms with van der Waals surface area (Å²) in [5.74, 6) is 1.49. The van der Waals surface area contributed by atoms with Gasteiger partial charge in [0.2, 0.25) is 0 Å². The van der Waals surface area contributed by atoms with Crippen LogP contribution in [0, 0.1) is 0 Å². The molecule has 0 spiro atoms. The number of nitrogens with one attached hydrogen (secondary N) is 1. The third-order valence-corrected chi connectivity index (χ3v) is 5.64. The van der Waals surface area contributed by atoms with E-state index in [2.05, 4.69) is 40.0 Å². The fraction of sp³-hybridized carbons (Fsp3) is 0.370. The fourth-order valence-corrected chi connectivity index (χ4v) is 4.03. The van der Waals surface area contributed by atoms with E-state index in [4.69, 9.17) is 15.5 Å². The predicted molar refractivity (Wildman–Crippen MR) is 137 cm³/mol. The molecule has 4 aromatic rings. The van der Waals surface area contributed by atoms with E-state index in [0.717, 1.165) is 58.2 Å². The Morgan fingerprint density at radius 3 is 2.47 bits per heavy atom. The predicted octanol–water partition coefficient (Wildman–Crippen LogP) is 5.58. The summed E-state index contributed by atoms with van der Waals surface area (Å²) in [4.78, 5) is 21.4. The largest absolute Gasteiger partial charge is 0.444 e. The summed E-state index contributed by atoms with van der Waals surface area (Å²) in [6, 6.07) is 16.3. The molecule has 1 amide bonds. The smallest absolute Gasteiger partial charge is 0.407 e. The van der Waals surface area contributed by atoms with Gasteiger partial charge in [-0.2, -0.15) is 0 Å². The van der Waals surface area contributed by atoms with Gasteiger partial charge in [0.1, 0.15) is 16.9 Å². The second-order valence-electron chi connectivity index (χ2n) is 9.60. The first-order valence-electron chi connectivity index (χ1n) is 11.8. The number of nitrogen functional groups attached to an aromatic ring is 1. The zero-order valence-corrected chi connectivity index (χ0v) is 20.4. The molecule has 178 valence electrons. The molecular formula is C27H33N5O2. The number of pyridine rings is 1. The minimum Gasteiger partial charge on any atom is -0.444 e. The van der Waals surface area contributed by atoms with E-state index < -0.39 is 11.7 Å². The normalized spacial score (nSPS) is 11.8. The van der Waals surface area contributed by atoms with Gasteiger partial charge in [-0.05, 0) is 44.4 Å². The van der Waals surface area contributed by atoms with E-state index in [-0.39, 0.29) is 0 Å². The second-order valence-corrected chi connectivity index (χ2v) is 9.60. The van der Waals surface area contributed by atoms with Crippen LogP contribution in [-0.2, 0) is 24.2 Å². The molecule has 0 atom stereocenters. The molecule has 0 aliphatic heterocycles. The Morgan fingerprint density at radius 2 is 1.76 bits per heavy atom. The number of anilines is 1. The summed E-state index contributed by atoms with van der Waals surface area (Å²) >= 11 is 0. The van der Waals surface area contributed by atoms with Crippen molar-refractivity contribution in [2.75, 3.05) is 5.73 Å². The highest BCUT2D eigenvalue weighted by atomic mass is 16.6. The number of benzene rings is 2. The van der Waals surface area contributed by atoms with E-state index in [9.17, 15) is 4.79 Å². The lowest BCUT2D eigenvalue weighted by molar-refractivity contribution is 0.0523. The number of alkyl carbamates (subject to hydrolysis) is 1. The Morgan fingerprint density at radius 1 is 1.06 bits per heavy atom. The lowest BCUT2D eigenvalue weighted by atomic mass is 10.1. The molecule has 0 saturated carbocycles. The van der Waals surface area contributed by atoms with Crippen molar-refractivity contribution < 1.29 is 9.53 Å². The number of fused-ring (bicyclic) bond motifs is 3. The summed E-state index contributed by atoms with van der Waals surface area (Å²) in [7, 11) is 0. The quantitative estimate of drug-likeness (QED) is 0.376. The number of para-hydroxylation sites is 1. The Bertz CT molecular complexity index is 1300. The molecule has 0 saturated heterocycles. The van der Waals surface area contributed by atoms with Crippen molar-refractivity contribution in [1.82, 2.24) is 19.9 Å². The Labute approximate surface area is 200 Å². The van der Waals surface area contributed by atoms with Crippen LogP contribution in [0.3, 0.4) is 0 Å². The number of aromatic nitrogens is 3. The molecule has 2 heterocycles. The monoisotopic (exact) mass is 459 g/mol. The number of unbranched alkanes of at least 4 members (excludes halogenated alkanes) is 1. The van der Waals surface area contributed by atoms with Crippen molar-refractivity contribution in [2.24, 2.45) is 0 Å². The molecule has 0 bridgehead atoms. The molecule has 7 nitrogen and oxygen atoms in total. The van der Waals surface area contributed by atoms with Crippen LogP contribution in [0.2, 0.25) is 0 Å². The first-order valence-corrected chi connectivity index (χ1v) is 11.8. The third-order valence-electron chi connectivity index (χ3n) is 5.64. The summed E-state index contributed by atoms with van der Waals surface area (Å²) in [5.41, 5.74) is 10.6. The van der Waals surface area contributed by atoms with Crippen LogP contribution < -0.4 is 11.1 Å². The Hall–Kier alpha value is -3.61. The summed E-state index contributed by atoms with van der Waals surface area (Å²) in [5, 5.41) is 3.86. The molecule has 0 unspecified atom stereocenters. The summed E-state index contributed by atoms with van der Waals surface area (Å²) in [6.07, 6.45) is 2.62. The van der Waals surface area contributed by atoms with Gasteiger partial charge in [0.25, 0.3) is 0 Å². The van der Waals surface area contributed by atoms with Crippen LogP contribution in [0.4, 0.5) is 10.6 Å². The molecule has 4 rings (SSSR count). The van der Waals surface area contributed by atoms with Crippen molar-refractivity contribution in [3.8, 4) is 0 Å². The van der Waals surface area contributed by atoms with Gasteiger partial charge in [-0.15, -0.1) is 0 Å². The molecule has 7 heteroatoms. The van der Waals surface area contributed by atoms with Crippen LogP contribution in [-0.4, -0.2) is 26.2 Å². The van der Waals surface area contributed by atoms with E-state index >= 15 is 0 Å².